The molecule has 0 aliphatic rings. The highest BCUT2D eigenvalue weighted by atomic mass is 31.2. The number of carboxylic acid groups (broad SMARTS) is 1. The number of unbranched alkanes of at least 4 members (excludes halogenated alkanes) is 3. The summed E-state index contributed by atoms with van der Waals surface area (Å²) in [4.78, 5) is 9.86. The molecule has 0 rings (SSSR count). The first-order valence-electron chi connectivity index (χ1n) is 8.74. The van der Waals surface area contributed by atoms with E-state index in [1.807, 2.05) is 0 Å². The Hall–Kier alpha value is -0.220. The quantitative estimate of drug-likeness (QED) is 0.419. The first-order chi connectivity index (χ1) is 10.2. The Morgan fingerprint density at radius 1 is 1.00 bits per heavy atom. The Labute approximate surface area is 144 Å². The van der Waals surface area contributed by atoms with Crippen molar-refractivity contribution in [1.82, 2.24) is 6.15 Å². The first kappa shape index (κ1) is 27.6. The van der Waals surface area contributed by atoms with Gasteiger partial charge in [-0.15, -0.1) is 0 Å². The van der Waals surface area contributed by atoms with Gasteiger partial charge in [0.2, 0.25) is 0 Å². The third kappa shape index (κ3) is 16.4. The fourth-order valence-electron chi connectivity index (χ4n) is 2.16. The van der Waals surface area contributed by atoms with Crippen molar-refractivity contribution in [3.8, 4) is 0 Å². The lowest BCUT2D eigenvalue weighted by atomic mass is 10.2. The highest BCUT2D eigenvalue weighted by Gasteiger charge is 2.28. The van der Waals surface area contributed by atoms with Crippen molar-refractivity contribution in [2.75, 3.05) is 25.2 Å². The summed E-state index contributed by atoms with van der Waals surface area (Å²) in [5.41, 5.74) is 4.91. The third-order valence-electron chi connectivity index (χ3n) is 3.96. The molecule has 0 saturated heterocycles. The van der Waals surface area contributed by atoms with Crippen molar-refractivity contribution in [1.29, 1.82) is 0 Å². The van der Waals surface area contributed by atoms with Crippen LogP contribution in [-0.4, -0.2) is 53.5 Å². The van der Waals surface area contributed by atoms with E-state index in [1.54, 1.807) is 18.5 Å². The van der Waals surface area contributed by atoms with Crippen LogP contribution in [0.2, 0.25) is 0 Å². The molecule has 0 fully saturated rings. The van der Waals surface area contributed by atoms with Crippen molar-refractivity contribution in [3.63, 3.8) is 0 Å². The molecular weight excluding hydrogens is 311 g/mol. The largest absolute Gasteiger partial charge is 0.480 e. The number of hydrogen-bond donors (Lipinski definition) is 4. The molecule has 0 bridgehead atoms. The molecule has 0 saturated carbocycles. The number of hydrogen-bond acceptors (Lipinski definition) is 4. The minimum absolute atomic E-state index is 0. The molecule has 6 heteroatoms. The van der Waals surface area contributed by atoms with Crippen molar-refractivity contribution >= 4 is 13.2 Å². The lowest BCUT2D eigenvalue weighted by molar-refractivity contribution is -0.140. The molecule has 0 aromatic carbocycles. The summed E-state index contributed by atoms with van der Waals surface area (Å²) in [6.45, 7) is 10.9. The zero-order chi connectivity index (χ0) is 17.6. The second-order valence-electron chi connectivity index (χ2n) is 6.46. The Balaban J connectivity index is -0.000000382. The van der Waals surface area contributed by atoms with E-state index in [-0.39, 0.29) is 6.15 Å². The summed E-state index contributed by atoms with van der Waals surface area (Å²) >= 11 is 0. The van der Waals surface area contributed by atoms with E-state index in [0.29, 0.717) is 0 Å². The fourth-order valence-corrected chi connectivity index (χ4v) is 6.07. The van der Waals surface area contributed by atoms with Crippen LogP contribution in [0.1, 0.15) is 66.2 Å². The molecule has 2 unspecified atom stereocenters. The Kier molecular flexibility index (Phi) is 20.0. The topological polar surface area (TPSA) is 119 Å². The van der Waals surface area contributed by atoms with Gasteiger partial charge >= 0.3 is 5.97 Å². The van der Waals surface area contributed by atoms with Crippen molar-refractivity contribution in [2.24, 2.45) is 5.73 Å². The number of aliphatic hydroxyl groups is 1. The highest BCUT2D eigenvalue weighted by Crippen LogP contribution is 2.57. The summed E-state index contributed by atoms with van der Waals surface area (Å²) in [5, 5.41) is 16.6. The normalized spacial score (nSPS) is 13.3. The number of nitrogens with two attached hydrogens (primary N) is 1. The summed E-state index contributed by atoms with van der Waals surface area (Å²) in [7, 11) is -0.519. The van der Waals surface area contributed by atoms with E-state index in [2.05, 4.69) is 27.4 Å². The Bertz CT molecular complexity index is 255. The van der Waals surface area contributed by atoms with Crippen LogP contribution in [0.15, 0.2) is 0 Å². The lowest BCUT2D eigenvalue weighted by Gasteiger charge is -2.22. The molecule has 0 aromatic heterocycles. The van der Waals surface area contributed by atoms with Gasteiger partial charge in [-0.2, -0.15) is 0 Å². The number of rotatable bonds is 11. The second kappa shape index (κ2) is 16.6. The highest BCUT2D eigenvalue weighted by molar-refractivity contribution is 7.75. The van der Waals surface area contributed by atoms with Gasteiger partial charge in [0, 0.05) is 13.9 Å². The van der Waals surface area contributed by atoms with E-state index in [4.69, 9.17) is 15.9 Å². The van der Waals surface area contributed by atoms with Crippen molar-refractivity contribution in [2.45, 2.75) is 78.4 Å². The SMILES string of the molecule is CC(O)C(N)C(=O)O.CCCC[P+](C)(CCCC)CCCC.N. The number of carboxylic acids is 1. The van der Waals surface area contributed by atoms with Crippen LogP contribution in [0.5, 0.6) is 0 Å². The molecular formula is C17H42N2O3P+. The Morgan fingerprint density at radius 2 is 1.30 bits per heavy atom. The van der Waals surface area contributed by atoms with Crippen LogP contribution in [0.3, 0.4) is 0 Å². The molecule has 0 aliphatic carbocycles. The number of aliphatic carboxylic acids is 1. The van der Waals surface area contributed by atoms with Crippen LogP contribution < -0.4 is 11.9 Å². The van der Waals surface area contributed by atoms with E-state index >= 15 is 0 Å². The molecule has 0 aliphatic heterocycles. The van der Waals surface area contributed by atoms with Crippen LogP contribution in [0.4, 0.5) is 0 Å². The average Bonchev–Trinajstić information content (AvgIpc) is 2.48. The molecule has 142 valence electrons. The molecule has 0 amide bonds. The van der Waals surface area contributed by atoms with Gasteiger partial charge in [-0.1, -0.05) is 40.0 Å². The first-order valence-corrected chi connectivity index (χ1v) is 11.5. The molecule has 0 aromatic rings. The van der Waals surface area contributed by atoms with Gasteiger partial charge in [-0.3, -0.25) is 4.79 Å². The molecule has 2 atom stereocenters. The summed E-state index contributed by atoms with van der Waals surface area (Å²) in [5.74, 6) is -1.18. The zero-order valence-electron chi connectivity index (χ0n) is 16.1. The Morgan fingerprint density at radius 3 is 1.43 bits per heavy atom. The monoisotopic (exact) mass is 353 g/mol. The molecule has 23 heavy (non-hydrogen) atoms. The van der Waals surface area contributed by atoms with Gasteiger partial charge in [-0.25, -0.2) is 0 Å². The van der Waals surface area contributed by atoms with Gasteiger partial charge in [0.25, 0.3) is 0 Å². The zero-order valence-corrected chi connectivity index (χ0v) is 16.9. The minimum Gasteiger partial charge on any atom is -0.480 e. The van der Waals surface area contributed by atoms with Gasteiger partial charge < -0.3 is 22.1 Å². The number of aliphatic hydroxyl groups excluding tert-OH is 1. The fraction of sp³-hybridized carbons (Fsp3) is 0.941. The third-order valence-corrected chi connectivity index (χ3v) is 8.15. The van der Waals surface area contributed by atoms with Crippen LogP contribution in [0.25, 0.3) is 0 Å². The van der Waals surface area contributed by atoms with E-state index in [1.165, 1.54) is 45.4 Å². The predicted molar refractivity (Wildman–Crippen MR) is 104 cm³/mol. The standard InChI is InChI=1S/C13H30P.C4H9NO3.H3N/c1-5-8-11-14(4,12-9-6-2)13-10-7-3;1-2(6)3(5)4(7)8;/h5-13H2,1-4H3;2-3,6H,5H2,1H3,(H,7,8);1H3/q+1;;. The van der Waals surface area contributed by atoms with Crippen LogP contribution in [0, 0.1) is 0 Å². The molecule has 7 N–H and O–H groups in total. The summed E-state index contributed by atoms with van der Waals surface area (Å²) in [6, 6.07) is -1.16. The van der Waals surface area contributed by atoms with Crippen molar-refractivity contribution < 1.29 is 15.0 Å². The maximum absolute atomic E-state index is 9.86. The van der Waals surface area contributed by atoms with Crippen LogP contribution >= 0.6 is 7.26 Å². The van der Waals surface area contributed by atoms with Crippen molar-refractivity contribution in [3.05, 3.63) is 0 Å². The maximum Gasteiger partial charge on any atom is 0.323 e. The lowest BCUT2D eigenvalue weighted by Crippen LogP contribution is -2.39. The second-order valence-corrected chi connectivity index (χ2v) is 11.0. The predicted octanol–water partition coefficient (Wildman–Crippen LogP) is 3.98. The smallest absolute Gasteiger partial charge is 0.323 e. The van der Waals surface area contributed by atoms with Gasteiger partial charge in [0.05, 0.1) is 24.6 Å². The van der Waals surface area contributed by atoms with E-state index < -0.39 is 25.4 Å². The molecule has 0 radical (unpaired) electrons. The maximum atomic E-state index is 9.86. The molecule has 5 nitrogen and oxygen atoms in total. The van der Waals surface area contributed by atoms with E-state index in [9.17, 15) is 4.79 Å². The van der Waals surface area contributed by atoms with E-state index in [0.717, 1.165) is 0 Å². The summed E-state index contributed by atoms with van der Waals surface area (Å²) < 4.78 is 0. The van der Waals surface area contributed by atoms with Gasteiger partial charge in [0.1, 0.15) is 6.04 Å². The average molecular weight is 354 g/mol. The van der Waals surface area contributed by atoms with Gasteiger partial charge in [-0.05, 0) is 26.2 Å². The number of carbonyl (C=O) groups is 1. The molecule has 0 heterocycles. The van der Waals surface area contributed by atoms with Gasteiger partial charge in [0.15, 0.2) is 0 Å². The minimum atomic E-state index is -1.18. The summed E-state index contributed by atoms with van der Waals surface area (Å²) in [6.07, 6.45) is 12.3. The molecule has 0 spiro atoms. The van der Waals surface area contributed by atoms with Crippen LogP contribution in [-0.2, 0) is 4.79 Å².